The summed E-state index contributed by atoms with van der Waals surface area (Å²) in [7, 11) is 0. The minimum absolute atomic E-state index is 0.0830. The highest BCUT2D eigenvalue weighted by atomic mass is 16.5. The molecule has 2 rings (SSSR count). The Hall–Kier alpha value is -1.66. The normalized spacial score (nSPS) is 21.1. The van der Waals surface area contributed by atoms with Crippen LogP contribution in [-0.2, 0) is 4.74 Å². The molecule has 21 heavy (non-hydrogen) atoms. The van der Waals surface area contributed by atoms with Crippen LogP contribution in [0.3, 0.4) is 0 Å². The first-order valence-corrected chi connectivity index (χ1v) is 7.23. The van der Waals surface area contributed by atoms with Gasteiger partial charge in [0.15, 0.2) is 0 Å². The van der Waals surface area contributed by atoms with E-state index in [9.17, 15) is 9.90 Å². The van der Waals surface area contributed by atoms with Gasteiger partial charge in [0.25, 0.3) is 5.91 Å². The van der Waals surface area contributed by atoms with Crippen molar-refractivity contribution in [1.82, 2.24) is 9.88 Å². The zero-order chi connectivity index (χ0) is 15.5. The first kappa shape index (κ1) is 15.7. The number of morpholine rings is 1. The van der Waals surface area contributed by atoms with E-state index < -0.39 is 5.60 Å². The quantitative estimate of drug-likeness (QED) is 0.870. The van der Waals surface area contributed by atoms with Crippen LogP contribution in [0.2, 0.25) is 0 Å². The van der Waals surface area contributed by atoms with E-state index in [0.29, 0.717) is 18.7 Å². The Morgan fingerprint density at radius 2 is 2.33 bits per heavy atom. The van der Waals surface area contributed by atoms with Crippen molar-refractivity contribution < 1.29 is 14.6 Å². The number of nitrogens with one attached hydrogen (secondary N) is 1. The minimum Gasteiger partial charge on any atom is -0.394 e. The number of anilines is 1. The molecule has 0 aromatic carbocycles. The molecule has 2 heterocycles. The predicted octanol–water partition coefficient (Wildman–Crippen LogP) is 1.13. The molecular formula is C15H23N3O3. The van der Waals surface area contributed by atoms with Crippen LogP contribution >= 0.6 is 0 Å². The van der Waals surface area contributed by atoms with Gasteiger partial charge in [-0.1, -0.05) is 0 Å². The molecule has 1 fully saturated rings. The molecule has 0 spiro atoms. The Morgan fingerprint density at radius 1 is 1.57 bits per heavy atom. The van der Waals surface area contributed by atoms with E-state index in [2.05, 4.69) is 10.3 Å². The van der Waals surface area contributed by atoms with Gasteiger partial charge in [-0.05, 0) is 32.9 Å². The highest BCUT2D eigenvalue weighted by Crippen LogP contribution is 2.22. The van der Waals surface area contributed by atoms with Gasteiger partial charge in [-0.25, -0.2) is 4.98 Å². The van der Waals surface area contributed by atoms with Gasteiger partial charge in [0.05, 0.1) is 23.9 Å². The largest absolute Gasteiger partial charge is 0.394 e. The van der Waals surface area contributed by atoms with Crippen LogP contribution in [0.15, 0.2) is 18.3 Å². The van der Waals surface area contributed by atoms with E-state index in [4.69, 9.17) is 4.74 Å². The van der Waals surface area contributed by atoms with E-state index in [1.165, 1.54) is 0 Å². The zero-order valence-electron chi connectivity index (χ0n) is 12.8. The second-order valence-corrected chi connectivity index (χ2v) is 5.83. The second kappa shape index (κ2) is 6.41. The van der Waals surface area contributed by atoms with Gasteiger partial charge < -0.3 is 20.1 Å². The second-order valence-electron chi connectivity index (χ2n) is 5.83. The first-order chi connectivity index (χ1) is 9.95. The average molecular weight is 293 g/mol. The highest BCUT2D eigenvalue weighted by molar-refractivity contribution is 5.94. The average Bonchev–Trinajstić information content (AvgIpc) is 2.46. The topological polar surface area (TPSA) is 74.7 Å². The summed E-state index contributed by atoms with van der Waals surface area (Å²) in [5.74, 6) is 0.671. The Morgan fingerprint density at radius 3 is 2.90 bits per heavy atom. The Kier molecular flexibility index (Phi) is 4.80. The Balaban J connectivity index is 2.11. The molecule has 116 valence electrons. The van der Waals surface area contributed by atoms with Gasteiger partial charge in [-0.2, -0.15) is 0 Å². The molecule has 1 saturated heterocycles. The molecule has 1 aromatic rings. The van der Waals surface area contributed by atoms with E-state index in [1.807, 2.05) is 20.8 Å². The lowest BCUT2D eigenvalue weighted by Gasteiger charge is -2.42. The smallest absolute Gasteiger partial charge is 0.255 e. The van der Waals surface area contributed by atoms with Crippen molar-refractivity contribution in [3.63, 3.8) is 0 Å². The predicted molar refractivity (Wildman–Crippen MR) is 80.3 cm³/mol. The molecule has 6 heteroatoms. The molecular weight excluding hydrogens is 270 g/mol. The molecule has 1 aromatic heterocycles. The molecule has 6 nitrogen and oxygen atoms in total. The van der Waals surface area contributed by atoms with E-state index in [-0.39, 0.29) is 18.6 Å². The number of rotatable bonds is 4. The summed E-state index contributed by atoms with van der Waals surface area (Å²) < 4.78 is 5.72. The van der Waals surface area contributed by atoms with Gasteiger partial charge in [0, 0.05) is 25.8 Å². The molecule has 0 saturated carbocycles. The van der Waals surface area contributed by atoms with Crippen molar-refractivity contribution in [3.8, 4) is 0 Å². The maximum Gasteiger partial charge on any atom is 0.255 e. The third kappa shape index (κ3) is 3.92. The molecule has 0 bridgehead atoms. The number of aliphatic hydroxyl groups is 1. The number of carbonyl (C=O) groups is 1. The van der Waals surface area contributed by atoms with Crippen LogP contribution in [-0.4, -0.2) is 58.8 Å². The fourth-order valence-electron chi connectivity index (χ4n) is 2.53. The molecule has 1 amide bonds. The number of ether oxygens (including phenoxy) is 1. The molecule has 1 aliphatic heterocycles. The highest BCUT2D eigenvalue weighted by Gasteiger charge is 2.35. The summed E-state index contributed by atoms with van der Waals surface area (Å²) >= 11 is 0. The van der Waals surface area contributed by atoms with Crippen LogP contribution in [0.25, 0.3) is 0 Å². The fourth-order valence-corrected chi connectivity index (χ4v) is 2.53. The molecule has 1 aliphatic rings. The van der Waals surface area contributed by atoms with Crippen LogP contribution < -0.4 is 5.32 Å². The molecule has 1 unspecified atom stereocenters. The van der Waals surface area contributed by atoms with Crippen LogP contribution in [0.4, 0.5) is 5.82 Å². The summed E-state index contributed by atoms with van der Waals surface area (Å²) in [6.07, 6.45) is 1.24. The number of carbonyl (C=O) groups excluding carboxylic acids is 1. The van der Waals surface area contributed by atoms with Crippen molar-refractivity contribution in [2.75, 3.05) is 31.6 Å². The van der Waals surface area contributed by atoms with Gasteiger partial charge >= 0.3 is 0 Å². The summed E-state index contributed by atoms with van der Waals surface area (Å²) in [5, 5.41) is 12.4. The number of hydrogen-bond acceptors (Lipinski definition) is 5. The van der Waals surface area contributed by atoms with Gasteiger partial charge in [0.1, 0.15) is 5.82 Å². The summed E-state index contributed by atoms with van der Waals surface area (Å²) in [6.45, 7) is 7.42. The lowest BCUT2D eigenvalue weighted by atomic mass is 10.0. The minimum atomic E-state index is -0.460. The van der Waals surface area contributed by atoms with Crippen LogP contribution in [0, 0.1) is 0 Å². The Labute approximate surface area is 125 Å². The van der Waals surface area contributed by atoms with E-state index >= 15 is 0 Å². The monoisotopic (exact) mass is 293 g/mol. The van der Waals surface area contributed by atoms with Crippen molar-refractivity contribution >= 4 is 11.7 Å². The lowest BCUT2D eigenvalue weighted by Crippen LogP contribution is -2.55. The van der Waals surface area contributed by atoms with Gasteiger partial charge in [-0.15, -0.1) is 0 Å². The summed E-state index contributed by atoms with van der Waals surface area (Å²) in [5.41, 5.74) is 0.0874. The van der Waals surface area contributed by atoms with Crippen molar-refractivity contribution in [2.24, 2.45) is 0 Å². The molecule has 1 atom stereocenters. The molecule has 0 radical (unpaired) electrons. The van der Waals surface area contributed by atoms with Gasteiger partial charge in [0.2, 0.25) is 0 Å². The van der Waals surface area contributed by atoms with Crippen molar-refractivity contribution in [2.45, 2.75) is 32.5 Å². The number of aromatic nitrogens is 1. The van der Waals surface area contributed by atoms with Gasteiger partial charge in [-0.3, -0.25) is 4.79 Å². The first-order valence-electron chi connectivity index (χ1n) is 7.23. The Bertz CT molecular complexity index is 487. The zero-order valence-corrected chi connectivity index (χ0v) is 12.8. The van der Waals surface area contributed by atoms with Crippen LogP contribution in [0.1, 0.15) is 31.1 Å². The fraction of sp³-hybridized carbons (Fsp3) is 0.600. The standard InChI is InChI=1S/C15H23N3O3/c1-4-16-13-6-5-11(7-17-13)14(20)18-8-12(9-19)21-15(2,3)10-18/h5-7,12,19H,4,8-10H2,1-3H3,(H,16,17). The molecule has 0 aliphatic carbocycles. The number of hydrogen-bond donors (Lipinski definition) is 2. The maximum atomic E-state index is 12.5. The van der Waals surface area contributed by atoms with E-state index in [1.54, 1.807) is 23.2 Å². The number of aliphatic hydroxyl groups excluding tert-OH is 1. The number of pyridine rings is 1. The van der Waals surface area contributed by atoms with Crippen molar-refractivity contribution in [1.29, 1.82) is 0 Å². The van der Waals surface area contributed by atoms with E-state index in [0.717, 1.165) is 12.4 Å². The summed E-state index contributed by atoms with van der Waals surface area (Å²) in [6, 6.07) is 3.57. The number of amides is 1. The van der Waals surface area contributed by atoms with Crippen LogP contribution in [0.5, 0.6) is 0 Å². The SMILES string of the molecule is CCNc1ccc(C(=O)N2CC(CO)OC(C)(C)C2)cn1. The third-order valence-electron chi connectivity index (χ3n) is 3.34. The number of nitrogens with zero attached hydrogens (tertiary/aromatic N) is 2. The lowest BCUT2D eigenvalue weighted by molar-refractivity contribution is -0.139. The third-order valence-corrected chi connectivity index (χ3v) is 3.34. The maximum absolute atomic E-state index is 12.5. The van der Waals surface area contributed by atoms with Crippen molar-refractivity contribution in [3.05, 3.63) is 23.9 Å². The molecule has 2 N–H and O–H groups in total. The summed E-state index contributed by atoms with van der Waals surface area (Å²) in [4.78, 5) is 18.5.